The molecule has 0 amide bonds. The van der Waals surface area contributed by atoms with Crippen molar-refractivity contribution in [3.05, 3.63) is 59.3 Å². The number of ether oxygens (including phenoxy) is 2. The van der Waals surface area contributed by atoms with E-state index in [4.69, 9.17) is 15.2 Å². The fraction of sp³-hybridized carbons (Fsp3) is 0.333. The van der Waals surface area contributed by atoms with Crippen LogP contribution in [0.1, 0.15) is 36.6 Å². The van der Waals surface area contributed by atoms with E-state index in [2.05, 4.69) is 48.3 Å². The van der Waals surface area contributed by atoms with Gasteiger partial charge in [-0.2, -0.15) is 0 Å². The van der Waals surface area contributed by atoms with Gasteiger partial charge in [0.2, 0.25) is 6.79 Å². The van der Waals surface area contributed by atoms with Gasteiger partial charge in [-0.3, -0.25) is 0 Å². The van der Waals surface area contributed by atoms with Gasteiger partial charge in [0, 0.05) is 28.1 Å². The van der Waals surface area contributed by atoms with Crippen LogP contribution in [0.3, 0.4) is 0 Å². The van der Waals surface area contributed by atoms with Gasteiger partial charge in [0.05, 0.1) is 0 Å². The zero-order valence-corrected chi connectivity index (χ0v) is 14.3. The molecule has 3 N–H and O–H groups in total. The average molecular weight is 334 g/mol. The fourth-order valence-corrected chi connectivity index (χ4v) is 4.14. The molecule has 4 nitrogen and oxygen atoms in total. The van der Waals surface area contributed by atoms with Gasteiger partial charge in [0.1, 0.15) is 0 Å². The molecule has 0 radical (unpaired) electrons. The monoisotopic (exact) mass is 334 g/mol. The van der Waals surface area contributed by atoms with Gasteiger partial charge in [-0.05, 0) is 55.5 Å². The number of H-pyrrole nitrogens is 1. The minimum Gasteiger partial charge on any atom is -0.454 e. The summed E-state index contributed by atoms with van der Waals surface area (Å²) in [6.07, 6.45) is 3.17. The predicted molar refractivity (Wildman–Crippen MR) is 98.2 cm³/mol. The Morgan fingerprint density at radius 1 is 1.12 bits per heavy atom. The van der Waals surface area contributed by atoms with E-state index < -0.39 is 0 Å². The number of nitrogens with two attached hydrogens (primary N) is 1. The summed E-state index contributed by atoms with van der Waals surface area (Å²) in [5.41, 5.74) is 11.4. The van der Waals surface area contributed by atoms with Crippen LogP contribution in [0, 0.1) is 0 Å². The Hall–Kier alpha value is -2.46. The van der Waals surface area contributed by atoms with E-state index in [1.165, 1.54) is 27.7 Å². The van der Waals surface area contributed by atoms with Crippen LogP contribution in [-0.2, 0) is 11.8 Å². The van der Waals surface area contributed by atoms with Gasteiger partial charge >= 0.3 is 0 Å². The molecule has 25 heavy (non-hydrogen) atoms. The van der Waals surface area contributed by atoms with Crippen molar-refractivity contribution in [3.8, 4) is 11.5 Å². The van der Waals surface area contributed by atoms with Gasteiger partial charge in [0.15, 0.2) is 11.5 Å². The molecule has 0 spiro atoms. The molecule has 1 aliphatic carbocycles. The van der Waals surface area contributed by atoms with E-state index >= 15 is 0 Å². The summed E-state index contributed by atoms with van der Waals surface area (Å²) in [6.45, 7) is 2.39. The molecule has 1 aromatic heterocycles. The summed E-state index contributed by atoms with van der Waals surface area (Å²) >= 11 is 0. The molecular weight excluding hydrogens is 312 g/mol. The highest BCUT2D eigenvalue weighted by Gasteiger charge is 2.49. The predicted octanol–water partition coefficient (Wildman–Crippen LogP) is 3.87. The molecule has 0 saturated heterocycles. The number of para-hydroxylation sites is 1. The van der Waals surface area contributed by atoms with Crippen molar-refractivity contribution in [2.45, 2.75) is 37.6 Å². The first-order valence-corrected chi connectivity index (χ1v) is 8.93. The summed E-state index contributed by atoms with van der Waals surface area (Å²) in [5, 5.41) is 1.29. The molecule has 2 heterocycles. The Bertz CT molecular complexity index is 954. The molecule has 2 aromatic carbocycles. The standard InChI is InChI=1S/C21H22N2O2/c1-13(22)10-16-15-4-2-3-5-17(15)23-20(16)21(8-9-21)14-6-7-18-19(11-14)25-12-24-18/h2-7,11,13,23H,8-10,12,22H2,1H3. The summed E-state index contributed by atoms with van der Waals surface area (Å²) in [6, 6.07) is 15.0. The Morgan fingerprint density at radius 3 is 2.72 bits per heavy atom. The van der Waals surface area contributed by atoms with Gasteiger partial charge in [-0.25, -0.2) is 0 Å². The highest BCUT2D eigenvalue weighted by molar-refractivity contribution is 5.86. The number of hydrogen-bond acceptors (Lipinski definition) is 3. The van der Waals surface area contributed by atoms with Crippen LogP contribution in [-0.4, -0.2) is 17.8 Å². The number of hydrogen-bond donors (Lipinski definition) is 2. The van der Waals surface area contributed by atoms with Gasteiger partial charge in [-0.1, -0.05) is 24.3 Å². The minimum absolute atomic E-state index is 0.0459. The number of benzene rings is 2. The Labute approximate surface area is 146 Å². The second kappa shape index (κ2) is 5.27. The van der Waals surface area contributed by atoms with E-state index in [1.807, 2.05) is 6.07 Å². The molecule has 2 aliphatic rings. The lowest BCUT2D eigenvalue weighted by Gasteiger charge is -2.18. The number of rotatable bonds is 4. The first-order chi connectivity index (χ1) is 12.2. The Morgan fingerprint density at radius 2 is 1.92 bits per heavy atom. The number of aromatic nitrogens is 1. The van der Waals surface area contributed by atoms with Gasteiger partial charge in [-0.15, -0.1) is 0 Å². The molecule has 1 fully saturated rings. The van der Waals surface area contributed by atoms with E-state index in [0.717, 1.165) is 30.8 Å². The summed E-state index contributed by atoms with van der Waals surface area (Å²) < 4.78 is 11.1. The SMILES string of the molecule is CC(N)Cc1c(C2(c3ccc4c(c3)OCO4)CC2)[nH]c2ccccc12. The largest absolute Gasteiger partial charge is 0.454 e. The Kier molecular flexibility index (Phi) is 3.13. The highest BCUT2D eigenvalue weighted by atomic mass is 16.7. The molecule has 1 aliphatic heterocycles. The van der Waals surface area contributed by atoms with E-state index in [0.29, 0.717) is 6.79 Å². The lowest BCUT2D eigenvalue weighted by Crippen LogP contribution is -2.20. The highest BCUT2D eigenvalue weighted by Crippen LogP contribution is 2.56. The first-order valence-electron chi connectivity index (χ1n) is 8.93. The van der Waals surface area contributed by atoms with Crippen LogP contribution in [0.15, 0.2) is 42.5 Å². The summed E-state index contributed by atoms with van der Waals surface area (Å²) in [5.74, 6) is 1.70. The number of fused-ring (bicyclic) bond motifs is 2. The van der Waals surface area contributed by atoms with Crippen LogP contribution < -0.4 is 15.2 Å². The summed E-state index contributed by atoms with van der Waals surface area (Å²) in [4.78, 5) is 3.71. The topological polar surface area (TPSA) is 60.3 Å². The van der Waals surface area contributed by atoms with Crippen LogP contribution in [0.4, 0.5) is 0 Å². The van der Waals surface area contributed by atoms with Crippen molar-refractivity contribution in [1.82, 2.24) is 4.98 Å². The zero-order valence-electron chi connectivity index (χ0n) is 14.3. The number of aromatic amines is 1. The lowest BCUT2D eigenvalue weighted by atomic mass is 9.87. The molecule has 0 bridgehead atoms. The van der Waals surface area contributed by atoms with Crippen LogP contribution >= 0.6 is 0 Å². The third-order valence-corrected chi connectivity index (χ3v) is 5.49. The molecular formula is C21H22N2O2. The van der Waals surface area contributed by atoms with Crippen molar-refractivity contribution >= 4 is 10.9 Å². The van der Waals surface area contributed by atoms with Crippen molar-refractivity contribution in [2.24, 2.45) is 5.73 Å². The van der Waals surface area contributed by atoms with Crippen molar-refractivity contribution in [1.29, 1.82) is 0 Å². The van der Waals surface area contributed by atoms with Crippen molar-refractivity contribution in [3.63, 3.8) is 0 Å². The van der Waals surface area contributed by atoms with Gasteiger partial charge in [0.25, 0.3) is 0 Å². The summed E-state index contributed by atoms with van der Waals surface area (Å²) in [7, 11) is 0. The molecule has 4 heteroatoms. The zero-order chi connectivity index (χ0) is 17.0. The lowest BCUT2D eigenvalue weighted by molar-refractivity contribution is 0.174. The second-order valence-electron chi connectivity index (χ2n) is 7.36. The normalized spacial score (nSPS) is 18.5. The van der Waals surface area contributed by atoms with E-state index in [1.54, 1.807) is 0 Å². The molecule has 3 aromatic rings. The molecule has 1 saturated carbocycles. The van der Waals surface area contributed by atoms with Crippen LogP contribution in [0.25, 0.3) is 10.9 Å². The first kappa shape index (κ1) is 14.8. The van der Waals surface area contributed by atoms with Crippen molar-refractivity contribution in [2.75, 3.05) is 6.79 Å². The van der Waals surface area contributed by atoms with Crippen molar-refractivity contribution < 1.29 is 9.47 Å². The fourth-order valence-electron chi connectivity index (χ4n) is 4.14. The smallest absolute Gasteiger partial charge is 0.231 e. The molecule has 5 rings (SSSR count). The van der Waals surface area contributed by atoms with Gasteiger partial charge < -0.3 is 20.2 Å². The molecule has 1 atom stereocenters. The molecule has 1 unspecified atom stereocenters. The third kappa shape index (κ3) is 2.24. The third-order valence-electron chi connectivity index (χ3n) is 5.49. The maximum absolute atomic E-state index is 6.17. The molecule has 128 valence electrons. The second-order valence-corrected chi connectivity index (χ2v) is 7.36. The van der Waals surface area contributed by atoms with Crippen LogP contribution in [0.5, 0.6) is 11.5 Å². The maximum atomic E-state index is 6.17. The van der Waals surface area contributed by atoms with Crippen LogP contribution in [0.2, 0.25) is 0 Å². The average Bonchev–Trinajstić information content (AvgIpc) is 3.14. The van der Waals surface area contributed by atoms with E-state index in [9.17, 15) is 0 Å². The quantitative estimate of drug-likeness (QED) is 0.761. The van der Waals surface area contributed by atoms with E-state index in [-0.39, 0.29) is 11.5 Å². The number of nitrogens with one attached hydrogen (secondary N) is 1. The maximum Gasteiger partial charge on any atom is 0.231 e. The Balaban J connectivity index is 1.67. The minimum atomic E-state index is 0.0459.